The van der Waals surface area contributed by atoms with Crippen molar-refractivity contribution in [3.05, 3.63) is 20.8 Å². The lowest BCUT2D eigenvalue weighted by molar-refractivity contribution is 0.441. The lowest BCUT2D eigenvalue weighted by atomic mass is 10.1. The molecule has 0 aliphatic heterocycles. The quantitative estimate of drug-likeness (QED) is 0.622. The molecule has 0 spiro atoms. The maximum Gasteiger partial charge on any atom is 0.0388 e. The summed E-state index contributed by atoms with van der Waals surface area (Å²) in [7, 11) is 0. The van der Waals surface area contributed by atoms with E-state index in [4.69, 9.17) is 0 Å². The molecule has 1 heterocycles. The molecule has 1 rings (SSSR count). The van der Waals surface area contributed by atoms with E-state index in [1.165, 1.54) is 41.5 Å². The van der Waals surface area contributed by atoms with Crippen molar-refractivity contribution in [3.8, 4) is 0 Å². The second-order valence-electron chi connectivity index (χ2n) is 4.81. The molecule has 0 aliphatic carbocycles. The van der Waals surface area contributed by atoms with Crippen LogP contribution < -0.4 is 5.32 Å². The molecule has 2 unspecified atom stereocenters. The van der Waals surface area contributed by atoms with Crippen LogP contribution in [0.3, 0.4) is 0 Å². The van der Waals surface area contributed by atoms with Crippen molar-refractivity contribution in [2.24, 2.45) is 0 Å². The predicted molar refractivity (Wildman–Crippen MR) is 81.8 cm³/mol. The van der Waals surface area contributed by atoms with Gasteiger partial charge in [-0.2, -0.15) is 0 Å². The van der Waals surface area contributed by atoms with E-state index >= 15 is 0 Å². The topological polar surface area (TPSA) is 12.0 Å². The van der Waals surface area contributed by atoms with Crippen LogP contribution in [-0.2, 0) is 0 Å². The van der Waals surface area contributed by atoms with E-state index < -0.39 is 0 Å². The highest BCUT2D eigenvalue weighted by Crippen LogP contribution is 2.25. The summed E-state index contributed by atoms with van der Waals surface area (Å²) >= 11 is 5.33. The summed E-state index contributed by atoms with van der Waals surface area (Å²) < 4.78 is 1.20. The van der Waals surface area contributed by atoms with Crippen molar-refractivity contribution in [2.45, 2.75) is 65.0 Å². The molecule has 0 fully saturated rings. The number of hydrogen-bond acceptors (Lipinski definition) is 2. The standard InChI is InChI=1S/C14H24BrNS/c1-4-5-6-7-8-11(2)16-12(3)14-9-13(15)10-17-14/h9-12,16H,4-8H2,1-3H3. The second kappa shape index (κ2) is 8.28. The molecular formula is C14H24BrNS. The zero-order valence-electron chi connectivity index (χ0n) is 11.1. The Morgan fingerprint density at radius 1 is 1.29 bits per heavy atom. The number of nitrogens with one attached hydrogen (secondary N) is 1. The predicted octanol–water partition coefficient (Wildman–Crippen LogP) is 5.52. The molecule has 1 aromatic rings. The van der Waals surface area contributed by atoms with Gasteiger partial charge in [0.05, 0.1) is 0 Å². The van der Waals surface area contributed by atoms with E-state index in [-0.39, 0.29) is 0 Å². The molecular weight excluding hydrogens is 294 g/mol. The number of rotatable bonds is 8. The van der Waals surface area contributed by atoms with Gasteiger partial charge in [0.25, 0.3) is 0 Å². The van der Waals surface area contributed by atoms with Crippen molar-refractivity contribution in [1.29, 1.82) is 0 Å². The highest BCUT2D eigenvalue weighted by Gasteiger charge is 2.10. The van der Waals surface area contributed by atoms with Gasteiger partial charge in [-0.3, -0.25) is 0 Å². The molecule has 0 amide bonds. The molecule has 17 heavy (non-hydrogen) atoms. The molecule has 0 aromatic carbocycles. The summed E-state index contributed by atoms with van der Waals surface area (Å²) in [5, 5.41) is 5.83. The maximum atomic E-state index is 3.68. The second-order valence-corrected chi connectivity index (χ2v) is 6.66. The monoisotopic (exact) mass is 317 g/mol. The molecule has 1 aromatic heterocycles. The third-order valence-corrected chi connectivity index (χ3v) is 4.92. The average molecular weight is 318 g/mol. The van der Waals surface area contributed by atoms with Crippen LogP contribution in [0, 0.1) is 0 Å². The van der Waals surface area contributed by atoms with Gasteiger partial charge in [-0.15, -0.1) is 11.3 Å². The summed E-state index contributed by atoms with van der Waals surface area (Å²) in [6, 6.07) is 3.29. The largest absolute Gasteiger partial charge is 0.307 e. The van der Waals surface area contributed by atoms with Crippen LogP contribution in [0.4, 0.5) is 0 Å². The van der Waals surface area contributed by atoms with Gasteiger partial charge in [-0.1, -0.05) is 32.6 Å². The van der Waals surface area contributed by atoms with Crippen molar-refractivity contribution < 1.29 is 0 Å². The van der Waals surface area contributed by atoms with Crippen molar-refractivity contribution in [1.82, 2.24) is 5.32 Å². The van der Waals surface area contributed by atoms with Crippen LogP contribution >= 0.6 is 27.3 Å². The van der Waals surface area contributed by atoms with Gasteiger partial charge in [0.15, 0.2) is 0 Å². The molecule has 2 atom stereocenters. The summed E-state index contributed by atoms with van der Waals surface area (Å²) in [6.07, 6.45) is 6.71. The molecule has 0 saturated heterocycles. The normalized spacial score (nSPS) is 14.8. The molecule has 0 bridgehead atoms. The SMILES string of the molecule is CCCCCCC(C)NC(C)c1cc(Br)cs1. The Labute approximate surface area is 118 Å². The highest BCUT2D eigenvalue weighted by atomic mass is 79.9. The van der Waals surface area contributed by atoms with Gasteiger partial charge < -0.3 is 5.32 Å². The minimum atomic E-state index is 0.465. The van der Waals surface area contributed by atoms with Gasteiger partial charge in [0.2, 0.25) is 0 Å². The van der Waals surface area contributed by atoms with Crippen LogP contribution in [0.2, 0.25) is 0 Å². The molecule has 1 nitrogen and oxygen atoms in total. The van der Waals surface area contributed by atoms with Crippen LogP contribution in [0.5, 0.6) is 0 Å². The molecule has 0 saturated carbocycles. The van der Waals surface area contributed by atoms with Crippen molar-refractivity contribution in [3.63, 3.8) is 0 Å². The van der Waals surface area contributed by atoms with Crippen molar-refractivity contribution in [2.75, 3.05) is 0 Å². The zero-order chi connectivity index (χ0) is 12.7. The number of hydrogen-bond donors (Lipinski definition) is 1. The Balaban J connectivity index is 2.23. The number of halogens is 1. The maximum absolute atomic E-state index is 3.68. The van der Waals surface area contributed by atoms with E-state index in [2.05, 4.69) is 53.5 Å². The Morgan fingerprint density at radius 3 is 2.65 bits per heavy atom. The van der Waals surface area contributed by atoms with Crippen LogP contribution in [0.1, 0.15) is 63.8 Å². The van der Waals surface area contributed by atoms with Gasteiger partial charge in [0.1, 0.15) is 0 Å². The Hall–Kier alpha value is 0.140. The summed E-state index contributed by atoms with van der Waals surface area (Å²) in [5.41, 5.74) is 0. The fourth-order valence-electron chi connectivity index (χ4n) is 2.02. The van der Waals surface area contributed by atoms with E-state index in [9.17, 15) is 0 Å². The molecule has 0 aliphatic rings. The Kier molecular flexibility index (Phi) is 7.40. The van der Waals surface area contributed by atoms with Gasteiger partial charge in [0, 0.05) is 26.8 Å². The third kappa shape index (κ3) is 6.03. The number of thiophene rings is 1. The highest BCUT2D eigenvalue weighted by molar-refractivity contribution is 9.10. The van der Waals surface area contributed by atoms with Crippen molar-refractivity contribution >= 4 is 27.3 Å². The van der Waals surface area contributed by atoms with E-state index in [0.717, 1.165) is 0 Å². The molecule has 3 heteroatoms. The molecule has 1 N–H and O–H groups in total. The van der Waals surface area contributed by atoms with E-state index in [1.54, 1.807) is 0 Å². The van der Waals surface area contributed by atoms with E-state index in [1.807, 2.05) is 11.3 Å². The Morgan fingerprint density at radius 2 is 2.06 bits per heavy atom. The zero-order valence-corrected chi connectivity index (χ0v) is 13.5. The minimum absolute atomic E-state index is 0.465. The smallest absolute Gasteiger partial charge is 0.0388 e. The first kappa shape index (κ1) is 15.2. The van der Waals surface area contributed by atoms with Gasteiger partial charge in [-0.05, 0) is 42.3 Å². The van der Waals surface area contributed by atoms with Gasteiger partial charge >= 0.3 is 0 Å². The molecule has 98 valence electrons. The number of unbranched alkanes of at least 4 members (excludes halogenated alkanes) is 3. The van der Waals surface area contributed by atoms with Crippen LogP contribution in [-0.4, -0.2) is 6.04 Å². The Bertz CT molecular complexity index is 311. The fourth-order valence-corrected chi connectivity index (χ4v) is 3.49. The lowest BCUT2D eigenvalue weighted by Crippen LogP contribution is -2.28. The fraction of sp³-hybridized carbons (Fsp3) is 0.714. The lowest BCUT2D eigenvalue weighted by Gasteiger charge is -2.19. The van der Waals surface area contributed by atoms with E-state index in [0.29, 0.717) is 12.1 Å². The first-order valence-electron chi connectivity index (χ1n) is 6.63. The van der Waals surface area contributed by atoms with Gasteiger partial charge in [-0.25, -0.2) is 0 Å². The van der Waals surface area contributed by atoms with Crippen LogP contribution in [0.25, 0.3) is 0 Å². The molecule has 0 radical (unpaired) electrons. The summed E-state index contributed by atoms with van der Waals surface area (Å²) in [4.78, 5) is 1.41. The average Bonchev–Trinajstić information content (AvgIpc) is 2.71. The minimum Gasteiger partial charge on any atom is -0.307 e. The van der Waals surface area contributed by atoms with Crippen LogP contribution in [0.15, 0.2) is 15.9 Å². The summed E-state index contributed by atoms with van der Waals surface area (Å²) in [6.45, 7) is 6.81. The first-order valence-corrected chi connectivity index (χ1v) is 8.30. The third-order valence-electron chi connectivity index (χ3n) is 3.04. The first-order chi connectivity index (χ1) is 8.13. The summed E-state index contributed by atoms with van der Waals surface area (Å²) in [5.74, 6) is 0.